The van der Waals surface area contributed by atoms with Gasteiger partial charge in [0.2, 0.25) is 0 Å². The zero-order valence-electron chi connectivity index (χ0n) is 16.3. The second-order valence-electron chi connectivity index (χ2n) is 6.96. The molecule has 0 saturated carbocycles. The number of hydrogen-bond donors (Lipinski definition) is 1. The van der Waals surface area contributed by atoms with E-state index < -0.39 is 0 Å². The van der Waals surface area contributed by atoms with E-state index in [2.05, 4.69) is 10.3 Å². The molecule has 152 valence electrons. The highest BCUT2D eigenvalue weighted by Crippen LogP contribution is 2.31. The predicted octanol–water partition coefficient (Wildman–Crippen LogP) is 4.07. The van der Waals surface area contributed by atoms with Crippen molar-refractivity contribution in [1.29, 1.82) is 0 Å². The number of nitrogens with zero attached hydrogens (tertiary/aromatic N) is 2. The van der Waals surface area contributed by atoms with Crippen LogP contribution in [-0.2, 0) is 0 Å². The Morgan fingerprint density at radius 3 is 2.76 bits per heavy atom. The van der Waals surface area contributed by atoms with Gasteiger partial charge in [-0.05, 0) is 36.6 Å². The lowest BCUT2D eigenvalue weighted by molar-refractivity contribution is 0.0781. The average molecular weight is 416 g/mol. The van der Waals surface area contributed by atoms with Crippen LogP contribution in [0.3, 0.4) is 0 Å². The highest BCUT2D eigenvalue weighted by atomic mass is 35.5. The minimum Gasteiger partial charge on any atom is -0.496 e. The predicted molar refractivity (Wildman–Crippen MR) is 111 cm³/mol. The van der Waals surface area contributed by atoms with E-state index in [-0.39, 0.29) is 5.91 Å². The number of oxazole rings is 1. The van der Waals surface area contributed by atoms with Gasteiger partial charge in [0.15, 0.2) is 5.58 Å². The van der Waals surface area contributed by atoms with Gasteiger partial charge in [0, 0.05) is 30.7 Å². The summed E-state index contributed by atoms with van der Waals surface area (Å²) < 4.78 is 16.4. The van der Waals surface area contributed by atoms with Crippen LogP contribution in [0, 0.1) is 5.92 Å². The smallest absolute Gasteiger partial charge is 0.295 e. The highest BCUT2D eigenvalue weighted by Gasteiger charge is 2.30. The van der Waals surface area contributed by atoms with Gasteiger partial charge >= 0.3 is 0 Å². The molecular weight excluding hydrogens is 394 g/mol. The summed E-state index contributed by atoms with van der Waals surface area (Å²) in [5.74, 6) is 1.23. The van der Waals surface area contributed by atoms with E-state index in [1.807, 2.05) is 11.0 Å². The number of benzene rings is 2. The van der Waals surface area contributed by atoms with Crippen molar-refractivity contribution in [2.75, 3.05) is 39.2 Å². The minimum absolute atomic E-state index is 0.0849. The Bertz CT molecular complexity index is 1010. The summed E-state index contributed by atoms with van der Waals surface area (Å²) in [6.45, 7) is 1.97. The topological polar surface area (TPSA) is 76.8 Å². The maximum absolute atomic E-state index is 13.1. The number of carbonyl (C=O) groups excluding carboxylic acids is 1. The normalized spacial score (nSPS) is 16.2. The molecule has 1 fully saturated rings. The van der Waals surface area contributed by atoms with Crippen molar-refractivity contribution in [1.82, 2.24) is 9.88 Å². The fourth-order valence-corrected chi connectivity index (χ4v) is 3.77. The van der Waals surface area contributed by atoms with Crippen LogP contribution in [0.2, 0.25) is 5.02 Å². The number of halogens is 1. The third-order valence-corrected chi connectivity index (χ3v) is 5.34. The molecule has 0 spiro atoms. The molecule has 3 aromatic rings. The molecule has 29 heavy (non-hydrogen) atoms. The SMILES string of the molecule is COc1cccc(OC)c1C(=O)N1CC[C@H](CNc2nc3ccc(Cl)cc3o2)C1. The first-order valence-electron chi connectivity index (χ1n) is 9.39. The molecule has 7 nitrogen and oxygen atoms in total. The molecule has 0 aliphatic carbocycles. The van der Waals surface area contributed by atoms with Crippen LogP contribution >= 0.6 is 11.6 Å². The van der Waals surface area contributed by atoms with Crippen molar-refractivity contribution in [3.8, 4) is 11.5 Å². The van der Waals surface area contributed by atoms with E-state index >= 15 is 0 Å². The fraction of sp³-hybridized carbons (Fsp3) is 0.333. The van der Waals surface area contributed by atoms with Crippen molar-refractivity contribution in [2.45, 2.75) is 6.42 Å². The number of fused-ring (bicyclic) bond motifs is 1. The number of rotatable bonds is 6. The number of amides is 1. The molecule has 1 aromatic heterocycles. The lowest BCUT2D eigenvalue weighted by Crippen LogP contribution is -2.30. The molecule has 2 aromatic carbocycles. The number of methoxy groups -OCH3 is 2. The van der Waals surface area contributed by atoms with Gasteiger partial charge in [-0.3, -0.25) is 4.79 Å². The Morgan fingerprint density at radius 2 is 2.03 bits per heavy atom. The van der Waals surface area contributed by atoms with E-state index in [9.17, 15) is 4.79 Å². The van der Waals surface area contributed by atoms with E-state index in [1.54, 1.807) is 44.6 Å². The molecule has 1 atom stereocenters. The minimum atomic E-state index is -0.0849. The van der Waals surface area contributed by atoms with Crippen molar-refractivity contribution in [3.63, 3.8) is 0 Å². The van der Waals surface area contributed by atoms with Gasteiger partial charge in [-0.15, -0.1) is 0 Å². The molecule has 0 unspecified atom stereocenters. The van der Waals surface area contributed by atoms with Crippen LogP contribution < -0.4 is 14.8 Å². The summed E-state index contributed by atoms with van der Waals surface area (Å²) in [4.78, 5) is 19.3. The number of likely N-dealkylation sites (tertiary alicyclic amines) is 1. The van der Waals surface area contributed by atoms with Crippen molar-refractivity contribution in [3.05, 3.63) is 47.0 Å². The maximum Gasteiger partial charge on any atom is 0.295 e. The Kier molecular flexibility index (Phi) is 5.49. The van der Waals surface area contributed by atoms with E-state index in [0.717, 1.165) is 11.9 Å². The quantitative estimate of drug-likeness (QED) is 0.653. The molecule has 1 N–H and O–H groups in total. The molecule has 1 aliphatic rings. The molecule has 8 heteroatoms. The monoisotopic (exact) mass is 415 g/mol. The van der Waals surface area contributed by atoms with Crippen LogP contribution in [0.15, 0.2) is 40.8 Å². The first-order valence-corrected chi connectivity index (χ1v) is 9.77. The Hall–Kier alpha value is -2.93. The number of anilines is 1. The van der Waals surface area contributed by atoms with Gasteiger partial charge in [-0.25, -0.2) is 0 Å². The van der Waals surface area contributed by atoms with Crippen LogP contribution in [0.4, 0.5) is 6.01 Å². The van der Waals surface area contributed by atoms with Crippen molar-refractivity contribution >= 4 is 34.6 Å². The Morgan fingerprint density at radius 1 is 1.28 bits per heavy atom. The van der Waals surface area contributed by atoms with Gasteiger partial charge in [0.25, 0.3) is 11.9 Å². The molecule has 0 radical (unpaired) electrons. The molecule has 2 heterocycles. The van der Waals surface area contributed by atoms with Gasteiger partial charge in [-0.1, -0.05) is 17.7 Å². The molecule has 1 aliphatic heterocycles. The summed E-state index contributed by atoms with van der Waals surface area (Å²) >= 11 is 5.98. The van der Waals surface area contributed by atoms with Gasteiger partial charge in [-0.2, -0.15) is 4.98 Å². The second kappa shape index (κ2) is 8.21. The van der Waals surface area contributed by atoms with Gasteiger partial charge < -0.3 is 24.1 Å². The molecule has 0 bridgehead atoms. The van der Waals surface area contributed by atoms with Crippen LogP contribution in [0.5, 0.6) is 11.5 Å². The summed E-state index contributed by atoms with van der Waals surface area (Å²) in [7, 11) is 3.10. The third-order valence-electron chi connectivity index (χ3n) is 5.11. The van der Waals surface area contributed by atoms with E-state index in [4.69, 9.17) is 25.5 Å². The zero-order chi connectivity index (χ0) is 20.4. The van der Waals surface area contributed by atoms with Crippen LogP contribution in [0.1, 0.15) is 16.8 Å². The first-order chi connectivity index (χ1) is 14.1. The highest BCUT2D eigenvalue weighted by molar-refractivity contribution is 6.31. The van der Waals surface area contributed by atoms with E-state index in [1.165, 1.54) is 0 Å². The fourth-order valence-electron chi connectivity index (χ4n) is 3.61. The second-order valence-corrected chi connectivity index (χ2v) is 7.39. The molecular formula is C21H22ClN3O4. The lowest BCUT2D eigenvalue weighted by atomic mass is 10.1. The summed E-state index contributed by atoms with van der Waals surface area (Å²) in [6, 6.07) is 11.1. The van der Waals surface area contributed by atoms with Gasteiger partial charge in [0.05, 0.1) is 14.2 Å². The van der Waals surface area contributed by atoms with Crippen LogP contribution in [-0.4, -0.2) is 49.6 Å². The maximum atomic E-state index is 13.1. The Balaban J connectivity index is 1.40. The first kappa shape index (κ1) is 19.4. The summed E-state index contributed by atoms with van der Waals surface area (Å²) in [6.07, 6.45) is 0.891. The van der Waals surface area contributed by atoms with Crippen molar-refractivity contribution < 1.29 is 18.7 Å². The number of carbonyl (C=O) groups is 1. The molecule has 1 amide bonds. The van der Waals surface area contributed by atoms with Crippen molar-refractivity contribution in [2.24, 2.45) is 5.92 Å². The molecule has 4 rings (SSSR count). The number of hydrogen-bond acceptors (Lipinski definition) is 6. The van der Waals surface area contributed by atoms with Crippen LogP contribution in [0.25, 0.3) is 11.1 Å². The average Bonchev–Trinajstić information content (AvgIpc) is 3.37. The number of nitrogens with one attached hydrogen (secondary N) is 1. The Labute approximate surface area is 173 Å². The standard InChI is InChI=1S/C21H22ClN3O4/c1-27-16-4-3-5-17(28-2)19(16)20(26)25-9-8-13(12-25)11-23-21-24-15-7-6-14(22)10-18(15)29-21/h3-7,10,13H,8-9,11-12H2,1-2H3,(H,23,24)/t13-/m1/s1. The lowest BCUT2D eigenvalue weighted by Gasteiger charge is -2.20. The summed E-state index contributed by atoms with van der Waals surface area (Å²) in [5.41, 5.74) is 1.86. The number of aromatic nitrogens is 1. The largest absolute Gasteiger partial charge is 0.496 e. The molecule has 1 saturated heterocycles. The summed E-state index contributed by atoms with van der Waals surface area (Å²) in [5, 5.41) is 3.84. The third kappa shape index (κ3) is 3.96. The number of ether oxygens (including phenoxy) is 2. The zero-order valence-corrected chi connectivity index (χ0v) is 17.0. The van der Waals surface area contributed by atoms with Gasteiger partial charge in [0.1, 0.15) is 22.6 Å². The van der Waals surface area contributed by atoms with E-state index in [0.29, 0.717) is 59.2 Å².